The molecule has 1 rings (SSSR count). The summed E-state index contributed by atoms with van der Waals surface area (Å²) < 4.78 is 33.2. The first-order valence-electron chi connectivity index (χ1n) is 6.15. The summed E-state index contributed by atoms with van der Waals surface area (Å²) in [5.74, 6) is -0.354. The lowest BCUT2D eigenvalue weighted by atomic mass is 10.4. The molecule has 0 saturated carbocycles. The Bertz CT molecular complexity index is 469. The molecular formula is C12H19O6P. The van der Waals surface area contributed by atoms with Gasteiger partial charge in [-0.05, 0) is 33.8 Å². The summed E-state index contributed by atoms with van der Waals surface area (Å²) in [5.41, 5.74) is 0. The summed E-state index contributed by atoms with van der Waals surface area (Å²) in [6, 6.07) is 1.48. The highest BCUT2D eigenvalue weighted by molar-refractivity contribution is 7.62. The highest BCUT2D eigenvalue weighted by Gasteiger charge is 2.35. The molecule has 0 aliphatic rings. The van der Waals surface area contributed by atoms with Gasteiger partial charge in [0.2, 0.25) is 5.76 Å². The van der Waals surface area contributed by atoms with E-state index in [0.29, 0.717) is 5.76 Å². The highest BCUT2D eigenvalue weighted by atomic mass is 31.2. The molecule has 7 heteroatoms. The van der Waals surface area contributed by atoms with E-state index in [4.69, 9.17) is 18.2 Å². The molecule has 0 radical (unpaired) electrons. The van der Waals surface area contributed by atoms with Crippen LogP contribution in [0.25, 0.3) is 0 Å². The number of aryl methyl sites for hydroxylation is 1. The SMILES string of the molecule is CCOC(=O)c1oc(C)cc1P(=O)(OCC)OCC. The van der Waals surface area contributed by atoms with Gasteiger partial charge in [-0.25, -0.2) is 4.79 Å². The molecule has 1 aromatic heterocycles. The van der Waals surface area contributed by atoms with Crippen molar-refractivity contribution in [2.75, 3.05) is 19.8 Å². The Labute approximate surface area is 112 Å². The van der Waals surface area contributed by atoms with Gasteiger partial charge in [-0.1, -0.05) is 0 Å². The minimum absolute atomic E-state index is 0.118. The van der Waals surface area contributed by atoms with Gasteiger partial charge in [-0.15, -0.1) is 0 Å². The van der Waals surface area contributed by atoms with Crippen LogP contribution < -0.4 is 5.30 Å². The van der Waals surface area contributed by atoms with Crippen LogP contribution in [0.4, 0.5) is 0 Å². The lowest BCUT2D eigenvalue weighted by Crippen LogP contribution is -2.18. The van der Waals surface area contributed by atoms with Gasteiger partial charge < -0.3 is 18.2 Å². The zero-order chi connectivity index (χ0) is 14.5. The second-order valence-corrected chi connectivity index (χ2v) is 5.62. The molecule has 0 amide bonds. The van der Waals surface area contributed by atoms with Crippen LogP contribution in [0, 0.1) is 6.92 Å². The Balaban J connectivity index is 3.23. The van der Waals surface area contributed by atoms with E-state index in [0.717, 1.165) is 0 Å². The maximum absolute atomic E-state index is 12.6. The maximum Gasteiger partial charge on any atom is 0.375 e. The Morgan fingerprint density at radius 3 is 2.26 bits per heavy atom. The molecule has 0 spiro atoms. The van der Waals surface area contributed by atoms with Gasteiger partial charge in [0.25, 0.3) is 0 Å². The van der Waals surface area contributed by atoms with Gasteiger partial charge in [0.15, 0.2) is 0 Å². The van der Waals surface area contributed by atoms with E-state index in [-0.39, 0.29) is 30.9 Å². The van der Waals surface area contributed by atoms with Crippen molar-refractivity contribution in [1.82, 2.24) is 0 Å². The molecule has 1 aromatic rings. The van der Waals surface area contributed by atoms with Gasteiger partial charge in [-0.3, -0.25) is 4.57 Å². The van der Waals surface area contributed by atoms with Crippen LogP contribution in [0.1, 0.15) is 37.1 Å². The van der Waals surface area contributed by atoms with E-state index in [1.807, 2.05) is 0 Å². The van der Waals surface area contributed by atoms with Crippen molar-refractivity contribution < 1.29 is 27.6 Å². The maximum atomic E-state index is 12.6. The first-order valence-corrected chi connectivity index (χ1v) is 7.70. The largest absolute Gasteiger partial charge is 0.460 e. The monoisotopic (exact) mass is 290 g/mol. The van der Waals surface area contributed by atoms with Crippen molar-refractivity contribution in [2.45, 2.75) is 27.7 Å². The predicted molar refractivity (Wildman–Crippen MR) is 69.9 cm³/mol. The van der Waals surface area contributed by atoms with Crippen LogP contribution in [0.3, 0.4) is 0 Å². The second kappa shape index (κ2) is 6.89. The predicted octanol–water partition coefficient (Wildman–Crippen LogP) is 2.66. The number of hydrogen-bond acceptors (Lipinski definition) is 6. The molecule has 0 aromatic carbocycles. The number of carbonyl (C=O) groups excluding carboxylic acids is 1. The Hall–Kier alpha value is -1.10. The molecular weight excluding hydrogens is 271 g/mol. The first kappa shape index (κ1) is 16.0. The minimum Gasteiger partial charge on any atom is -0.460 e. The zero-order valence-corrected chi connectivity index (χ0v) is 12.5. The van der Waals surface area contributed by atoms with Crippen molar-refractivity contribution in [1.29, 1.82) is 0 Å². The fourth-order valence-corrected chi connectivity index (χ4v) is 3.32. The molecule has 1 heterocycles. The number of esters is 1. The van der Waals surface area contributed by atoms with Gasteiger partial charge >= 0.3 is 13.6 Å². The van der Waals surface area contributed by atoms with Crippen LogP contribution in [-0.4, -0.2) is 25.8 Å². The summed E-state index contributed by atoms with van der Waals surface area (Å²) in [6.45, 7) is 7.32. The molecule has 0 saturated heterocycles. The molecule has 108 valence electrons. The van der Waals surface area contributed by atoms with Gasteiger partial charge in [0, 0.05) is 0 Å². The average molecular weight is 290 g/mol. The fraction of sp³-hybridized carbons (Fsp3) is 0.583. The first-order chi connectivity index (χ1) is 8.98. The van der Waals surface area contributed by atoms with Crippen LogP contribution >= 0.6 is 7.60 Å². The second-order valence-electron chi connectivity index (χ2n) is 3.62. The molecule has 0 aliphatic carbocycles. The van der Waals surface area contributed by atoms with Crippen LogP contribution in [-0.2, 0) is 18.3 Å². The number of hydrogen-bond donors (Lipinski definition) is 0. The van der Waals surface area contributed by atoms with Crippen LogP contribution in [0.2, 0.25) is 0 Å². The molecule has 6 nitrogen and oxygen atoms in total. The zero-order valence-electron chi connectivity index (χ0n) is 11.6. The van der Waals surface area contributed by atoms with Crippen molar-refractivity contribution in [3.63, 3.8) is 0 Å². The number of carbonyl (C=O) groups is 1. The van der Waals surface area contributed by atoms with Crippen LogP contribution in [0.5, 0.6) is 0 Å². The molecule has 0 bridgehead atoms. The summed E-state index contributed by atoms with van der Waals surface area (Å²) in [4.78, 5) is 11.8. The van der Waals surface area contributed by atoms with Crippen LogP contribution in [0.15, 0.2) is 10.5 Å². The number of furan rings is 1. The molecule has 0 aliphatic heterocycles. The van der Waals surface area contributed by atoms with Gasteiger partial charge in [-0.2, -0.15) is 0 Å². The summed E-state index contributed by atoms with van der Waals surface area (Å²) in [7, 11) is -3.56. The number of rotatable bonds is 7. The van der Waals surface area contributed by atoms with Crippen molar-refractivity contribution in [3.8, 4) is 0 Å². The topological polar surface area (TPSA) is 75.0 Å². The fourth-order valence-electron chi connectivity index (χ4n) is 1.56. The smallest absolute Gasteiger partial charge is 0.375 e. The van der Waals surface area contributed by atoms with E-state index in [9.17, 15) is 9.36 Å². The lowest BCUT2D eigenvalue weighted by Gasteiger charge is -2.16. The van der Waals surface area contributed by atoms with Crippen molar-refractivity contribution >= 4 is 18.9 Å². The van der Waals surface area contributed by atoms with E-state index in [1.165, 1.54) is 6.07 Å². The summed E-state index contributed by atoms with van der Waals surface area (Å²) in [6.07, 6.45) is 0. The summed E-state index contributed by atoms with van der Waals surface area (Å²) >= 11 is 0. The number of ether oxygens (including phenoxy) is 1. The summed E-state index contributed by atoms with van der Waals surface area (Å²) in [5, 5.41) is 0.118. The average Bonchev–Trinajstić information content (AvgIpc) is 2.73. The normalized spacial score (nSPS) is 11.6. The van der Waals surface area contributed by atoms with Crippen molar-refractivity contribution in [2.24, 2.45) is 0 Å². The Kier molecular flexibility index (Phi) is 5.79. The standard InChI is InChI=1S/C12H19O6P/c1-5-15-12(13)11-10(8-9(4)18-11)19(14,16-6-2)17-7-3/h8H,5-7H2,1-4H3. The molecule has 0 atom stereocenters. The third-order valence-corrected chi connectivity index (χ3v) is 4.31. The van der Waals surface area contributed by atoms with Gasteiger partial charge in [0.05, 0.1) is 19.8 Å². The highest BCUT2D eigenvalue weighted by Crippen LogP contribution is 2.48. The van der Waals surface area contributed by atoms with E-state index < -0.39 is 13.6 Å². The molecule has 19 heavy (non-hydrogen) atoms. The lowest BCUT2D eigenvalue weighted by molar-refractivity contribution is 0.0489. The Morgan fingerprint density at radius 1 is 1.21 bits per heavy atom. The quantitative estimate of drug-likeness (QED) is 0.567. The van der Waals surface area contributed by atoms with E-state index in [1.54, 1.807) is 27.7 Å². The third kappa shape index (κ3) is 3.69. The van der Waals surface area contributed by atoms with Crippen molar-refractivity contribution in [3.05, 3.63) is 17.6 Å². The molecule has 0 fully saturated rings. The minimum atomic E-state index is -3.56. The van der Waals surface area contributed by atoms with Gasteiger partial charge in [0.1, 0.15) is 11.1 Å². The Morgan fingerprint density at radius 2 is 1.79 bits per heavy atom. The molecule has 0 unspecified atom stereocenters. The van der Waals surface area contributed by atoms with E-state index in [2.05, 4.69) is 0 Å². The third-order valence-electron chi connectivity index (χ3n) is 2.19. The van der Waals surface area contributed by atoms with E-state index >= 15 is 0 Å². The molecule has 0 N–H and O–H groups in total.